The van der Waals surface area contributed by atoms with Crippen LogP contribution >= 0.6 is 11.6 Å². The zero-order valence-corrected chi connectivity index (χ0v) is 11.4. The Kier molecular flexibility index (Phi) is 3.23. The molecule has 3 aromatic rings. The number of aromatic nitrogens is 2. The first-order chi connectivity index (χ1) is 10.0. The van der Waals surface area contributed by atoms with E-state index in [1.165, 1.54) is 18.3 Å². The predicted octanol–water partition coefficient (Wildman–Crippen LogP) is 2.96. The molecule has 5 nitrogen and oxygen atoms in total. The highest BCUT2D eigenvalue weighted by Crippen LogP contribution is 2.17. The van der Waals surface area contributed by atoms with E-state index < -0.39 is 11.9 Å². The number of carbonyl (C=O) groups excluding carboxylic acids is 1. The molecule has 3 N–H and O–H groups in total. The molecule has 106 valence electrons. The van der Waals surface area contributed by atoms with Crippen molar-refractivity contribution < 1.29 is 9.18 Å². The molecule has 7 heteroatoms. The van der Waals surface area contributed by atoms with Crippen LogP contribution in [0.2, 0.25) is 5.02 Å². The fraction of sp³-hybridized carbons (Fsp3) is 0. The Morgan fingerprint density at radius 3 is 2.71 bits per heavy atom. The Morgan fingerprint density at radius 1 is 1.29 bits per heavy atom. The molecule has 3 rings (SSSR count). The van der Waals surface area contributed by atoms with Gasteiger partial charge >= 0.3 is 0 Å². The average molecular weight is 305 g/mol. The largest absolute Gasteiger partial charge is 0.399 e. The fourth-order valence-corrected chi connectivity index (χ4v) is 2.05. The minimum absolute atomic E-state index is 0.266. The molecule has 1 amide bonds. The number of benzene rings is 1. The van der Waals surface area contributed by atoms with Crippen molar-refractivity contribution in [1.29, 1.82) is 0 Å². The first-order valence-electron chi connectivity index (χ1n) is 6.04. The summed E-state index contributed by atoms with van der Waals surface area (Å²) in [6.45, 7) is 0. The number of fused-ring (bicyclic) bond motifs is 1. The molecule has 0 atom stereocenters. The molecule has 2 aromatic heterocycles. The molecule has 1 aromatic carbocycles. The zero-order valence-electron chi connectivity index (χ0n) is 10.7. The van der Waals surface area contributed by atoms with E-state index in [0.717, 1.165) is 4.40 Å². The van der Waals surface area contributed by atoms with Crippen LogP contribution in [-0.2, 0) is 0 Å². The van der Waals surface area contributed by atoms with Crippen molar-refractivity contribution in [3.8, 4) is 0 Å². The number of pyridine rings is 1. The van der Waals surface area contributed by atoms with Gasteiger partial charge in [0.2, 0.25) is 5.95 Å². The van der Waals surface area contributed by atoms with Gasteiger partial charge in [-0.25, -0.2) is 4.98 Å². The van der Waals surface area contributed by atoms with E-state index in [1.54, 1.807) is 24.3 Å². The second-order valence-electron chi connectivity index (χ2n) is 4.40. The Balaban J connectivity index is 1.94. The van der Waals surface area contributed by atoms with Gasteiger partial charge in [-0.2, -0.15) is 4.39 Å². The van der Waals surface area contributed by atoms with Crippen molar-refractivity contribution in [3.05, 3.63) is 59.3 Å². The van der Waals surface area contributed by atoms with Gasteiger partial charge in [0.1, 0.15) is 5.65 Å². The van der Waals surface area contributed by atoms with Crippen molar-refractivity contribution in [2.75, 3.05) is 11.1 Å². The lowest BCUT2D eigenvalue weighted by atomic mass is 10.3. The molecule has 2 heterocycles. The summed E-state index contributed by atoms with van der Waals surface area (Å²) in [5.74, 6) is -1.38. The fourth-order valence-electron chi connectivity index (χ4n) is 1.89. The van der Waals surface area contributed by atoms with Crippen LogP contribution in [0, 0.1) is 5.95 Å². The highest BCUT2D eigenvalue weighted by Gasteiger charge is 2.19. The predicted molar refractivity (Wildman–Crippen MR) is 79.0 cm³/mol. The molecule has 0 fully saturated rings. The van der Waals surface area contributed by atoms with Crippen LogP contribution in [0.3, 0.4) is 0 Å². The SMILES string of the molecule is Nc1ccc(NC(=O)c2nc3cc(Cl)ccn3c2F)cc1. The first kappa shape index (κ1) is 13.4. The third kappa shape index (κ3) is 2.53. The number of hydrogen-bond acceptors (Lipinski definition) is 3. The standard InChI is InChI=1S/C14H10ClFN4O/c15-8-5-6-20-11(7-8)19-12(13(20)16)14(21)18-10-3-1-9(17)2-4-10/h1-7H,17H2,(H,18,21). The molecule has 0 saturated heterocycles. The molecule has 0 spiro atoms. The monoisotopic (exact) mass is 304 g/mol. The second-order valence-corrected chi connectivity index (χ2v) is 4.84. The topological polar surface area (TPSA) is 72.4 Å². The highest BCUT2D eigenvalue weighted by atomic mass is 35.5. The normalized spacial score (nSPS) is 10.8. The molecule has 0 aliphatic heterocycles. The van der Waals surface area contributed by atoms with Crippen LogP contribution in [0.15, 0.2) is 42.6 Å². The Hall–Kier alpha value is -2.60. The number of nitrogens with one attached hydrogen (secondary N) is 1. The lowest BCUT2D eigenvalue weighted by Gasteiger charge is -2.03. The summed E-state index contributed by atoms with van der Waals surface area (Å²) in [7, 11) is 0. The quantitative estimate of drug-likeness (QED) is 0.715. The van der Waals surface area contributed by atoms with Crippen molar-refractivity contribution in [1.82, 2.24) is 9.38 Å². The van der Waals surface area contributed by atoms with Crippen LogP contribution in [0.5, 0.6) is 0 Å². The maximum Gasteiger partial charge on any atom is 0.279 e. The number of anilines is 2. The second kappa shape index (κ2) is 5.06. The number of amides is 1. The molecule has 0 aliphatic carbocycles. The van der Waals surface area contributed by atoms with Crippen molar-refractivity contribution in [2.45, 2.75) is 0 Å². The van der Waals surface area contributed by atoms with Gasteiger partial charge in [-0.1, -0.05) is 11.6 Å². The number of imidazole rings is 1. The van der Waals surface area contributed by atoms with Crippen LogP contribution < -0.4 is 11.1 Å². The maximum absolute atomic E-state index is 14.2. The molecule has 21 heavy (non-hydrogen) atoms. The van der Waals surface area contributed by atoms with Gasteiger partial charge in [-0.3, -0.25) is 9.20 Å². The van der Waals surface area contributed by atoms with Gasteiger partial charge in [0, 0.05) is 28.7 Å². The van der Waals surface area contributed by atoms with Crippen molar-refractivity contribution >= 4 is 34.5 Å². The summed E-state index contributed by atoms with van der Waals surface area (Å²) >= 11 is 5.82. The van der Waals surface area contributed by atoms with E-state index in [1.807, 2.05) is 0 Å². The number of nitrogens with two attached hydrogens (primary N) is 1. The number of halogens is 2. The summed E-state index contributed by atoms with van der Waals surface area (Å²) in [6.07, 6.45) is 1.42. The van der Waals surface area contributed by atoms with E-state index in [-0.39, 0.29) is 11.3 Å². The van der Waals surface area contributed by atoms with Crippen LogP contribution in [0.1, 0.15) is 10.5 Å². The number of hydrogen-bond donors (Lipinski definition) is 2. The zero-order chi connectivity index (χ0) is 15.0. The average Bonchev–Trinajstić information content (AvgIpc) is 2.78. The third-order valence-corrected chi connectivity index (χ3v) is 3.15. The smallest absolute Gasteiger partial charge is 0.279 e. The molecule has 0 bridgehead atoms. The van der Waals surface area contributed by atoms with Gasteiger partial charge in [0.05, 0.1) is 0 Å². The summed E-state index contributed by atoms with van der Waals surface area (Å²) in [4.78, 5) is 16.0. The first-order valence-corrected chi connectivity index (χ1v) is 6.42. The highest BCUT2D eigenvalue weighted by molar-refractivity contribution is 6.30. The third-order valence-electron chi connectivity index (χ3n) is 2.91. The Labute approximate surface area is 124 Å². The number of nitrogens with zero attached hydrogens (tertiary/aromatic N) is 2. The number of nitrogen functional groups attached to an aromatic ring is 1. The molecule has 0 saturated carbocycles. The molecule has 0 aliphatic rings. The summed E-state index contributed by atoms with van der Waals surface area (Å²) in [6, 6.07) is 9.51. The van der Waals surface area contributed by atoms with E-state index in [4.69, 9.17) is 17.3 Å². The van der Waals surface area contributed by atoms with Crippen LogP contribution in [-0.4, -0.2) is 15.3 Å². The molecular weight excluding hydrogens is 295 g/mol. The lowest BCUT2D eigenvalue weighted by molar-refractivity contribution is 0.101. The lowest BCUT2D eigenvalue weighted by Crippen LogP contribution is -2.14. The molecule has 0 unspecified atom stereocenters. The molecular formula is C14H10ClFN4O. The minimum Gasteiger partial charge on any atom is -0.399 e. The van der Waals surface area contributed by atoms with Gasteiger partial charge in [0.25, 0.3) is 5.91 Å². The van der Waals surface area contributed by atoms with Crippen LogP contribution in [0.4, 0.5) is 15.8 Å². The van der Waals surface area contributed by atoms with E-state index in [2.05, 4.69) is 10.3 Å². The van der Waals surface area contributed by atoms with Crippen molar-refractivity contribution in [2.24, 2.45) is 0 Å². The van der Waals surface area contributed by atoms with Gasteiger partial charge in [-0.05, 0) is 30.3 Å². The van der Waals surface area contributed by atoms with Crippen LogP contribution in [0.25, 0.3) is 5.65 Å². The molecule has 0 radical (unpaired) electrons. The maximum atomic E-state index is 14.2. The number of rotatable bonds is 2. The van der Waals surface area contributed by atoms with Gasteiger partial charge in [-0.15, -0.1) is 0 Å². The Bertz CT molecular complexity index is 829. The van der Waals surface area contributed by atoms with Gasteiger partial charge < -0.3 is 11.1 Å². The van der Waals surface area contributed by atoms with Crippen molar-refractivity contribution in [3.63, 3.8) is 0 Å². The van der Waals surface area contributed by atoms with E-state index in [9.17, 15) is 9.18 Å². The van der Waals surface area contributed by atoms with E-state index >= 15 is 0 Å². The summed E-state index contributed by atoms with van der Waals surface area (Å²) in [5.41, 5.74) is 6.60. The minimum atomic E-state index is -0.741. The summed E-state index contributed by atoms with van der Waals surface area (Å²) in [5, 5.41) is 2.97. The Morgan fingerprint density at radius 2 is 2.00 bits per heavy atom. The number of carbonyl (C=O) groups is 1. The van der Waals surface area contributed by atoms with Gasteiger partial charge in [0.15, 0.2) is 5.69 Å². The summed E-state index contributed by atoms with van der Waals surface area (Å²) < 4.78 is 15.3. The van der Waals surface area contributed by atoms with E-state index in [0.29, 0.717) is 16.4 Å².